The zero-order valence-electron chi connectivity index (χ0n) is 18.9. The van der Waals surface area contributed by atoms with E-state index in [1.807, 2.05) is 69.3 Å². The molecule has 5 nitrogen and oxygen atoms in total. The number of nitrogens with one attached hydrogen (secondary N) is 1. The van der Waals surface area contributed by atoms with E-state index in [0.29, 0.717) is 38.5 Å². The first-order chi connectivity index (χ1) is 14.8. The van der Waals surface area contributed by atoms with Gasteiger partial charge in [-0.2, -0.15) is 0 Å². The van der Waals surface area contributed by atoms with E-state index in [1.54, 1.807) is 11.8 Å². The van der Waals surface area contributed by atoms with Crippen LogP contribution in [0.4, 0.5) is 0 Å². The highest BCUT2D eigenvalue weighted by Gasteiger charge is 2.25. The molecule has 0 bridgehead atoms. The van der Waals surface area contributed by atoms with Gasteiger partial charge in [-0.3, -0.25) is 9.59 Å². The van der Waals surface area contributed by atoms with Gasteiger partial charge in [0.25, 0.3) is 0 Å². The van der Waals surface area contributed by atoms with Gasteiger partial charge in [-0.25, -0.2) is 0 Å². The molecular formula is C25H33BrN2O3. The maximum absolute atomic E-state index is 13.1. The lowest BCUT2D eigenvalue weighted by atomic mass is 10.1. The minimum atomic E-state index is -0.553. The molecule has 1 atom stereocenters. The molecule has 168 valence electrons. The number of nitrogens with zero attached hydrogens (tertiary/aromatic N) is 1. The van der Waals surface area contributed by atoms with E-state index < -0.39 is 6.04 Å². The van der Waals surface area contributed by atoms with Crippen LogP contribution in [0, 0.1) is 12.8 Å². The van der Waals surface area contributed by atoms with Gasteiger partial charge in [0, 0.05) is 24.0 Å². The lowest BCUT2D eigenvalue weighted by Crippen LogP contribution is -2.48. The summed E-state index contributed by atoms with van der Waals surface area (Å²) < 4.78 is 6.69. The second-order valence-electron chi connectivity index (χ2n) is 8.23. The number of hydrogen-bond donors (Lipinski definition) is 1. The summed E-state index contributed by atoms with van der Waals surface area (Å²) in [7, 11) is 0. The van der Waals surface area contributed by atoms with E-state index in [2.05, 4.69) is 21.2 Å². The molecule has 2 amide bonds. The van der Waals surface area contributed by atoms with Crippen molar-refractivity contribution >= 4 is 27.7 Å². The zero-order chi connectivity index (χ0) is 22.8. The van der Waals surface area contributed by atoms with Crippen LogP contribution in [0.25, 0.3) is 0 Å². The average Bonchev–Trinajstić information content (AvgIpc) is 2.74. The zero-order valence-corrected chi connectivity index (χ0v) is 20.4. The number of rotatable bonds is 11. The third kappa shape index (κ3) is 8.74. The molecule has 0 spiro atoms. The molecule has 0 aliphatic carbocycles. The Balaban J connectivity index is 1.98. The fourth-order valence-corrected chi connectivity index (χ4v) is 3.51. The van der Waals surface area contributed by atoms with Crippen LogP contribution in [-0.2, 0) is 16.1 Å². The van der Waals surface area contributed by atoms with Crippen molar-refractivity contribution in [1.29, 1.82) is 0 Å². The summed E-state index contributed by atoms with van der Waals surface area (Å²) in [6, 6.07) is 15.1. The number of hydrogen-bond acceptors (Lipinski definition) is 3. The largest absolute Gasteiger partial charge is 0.494 e. The van der Waals surface area contributed by atoms with Gasteiger partial charge in [-0.15, -0.1) is 0 Å². The maximum Gasteiger partial charge on any atom is 0.242 e. The van der Waals surface area contributed by atoms with Gasteiger partial charge in [-0.1, -0.05) is 59.6 Å². The number of benzene rings is 2. The van der Waals surface area contributed by atoms with Crippen LogP contribution >= 0.6 is 15.9 Å². The van der Waals surface area contributed by atoms with E-state index in [1.165, 1.54) is 5.56 Å². The fourth-order valence-electron chi connectivity index (χ4n) is 3.06. The molecule has 0 fully saturated rings. The van der Waals surface area contributed by atoms with Crippen molar-refractivity contribution in [2.45, 2.75) is 53.1 Å². The summed E-state index contributed by atoms with van der Waals surface area (Å²) >= 11 is 3.47. The van der Waals surface area contributed by atoms with Crippen molar-refractivity contribution < 1.29 is 14.3 Å². The van der Waals surface area contributed by atoms with Crippen molar-refractivity contribution in [3.05, 3.63) is 64.1 Å². The number of aryl methyl sites for hydroxylation is 1. The van der Waals surface area contributed by atoms with Gasteiger partial charge in [0.15, 0.2) is 0 Å². The Hall–Kier alpha value is -2.34. The smallest absolute Gasteiger partial charge is 0.242 e. The predicted molar refractivity (Wildman–Crippen MR) is 128 cm³/mol. The lowest BCUT2D eigenvalue weighted by Gasteiger charge is -2.29. The number of halogens is 1. The number of ether oxygens (including phenoxy) is 1. The third-order valence-corrected chi connectivity index (χ3v) is 5.41. The van der Waals surface area contributed by atoms with Crippen molar-refractivity contribution in [3.63, 3.8) is 0 Å². The maximum atomic E-state index is 13.1. The van der Waals surface area contributed by atoms with Crippen molar-refractivity contribution in [3.8, 4) is 5.75 Å². The Bertz CT molecular complexity index is 852. The molecule has 1 unspecified atom stereocenters. The van der Waals surface area contributed by atoms with Crippen molar-refractivity contribution in [1.82, 2.24) is 10.2 Å². The number of carbonyl (C=O) groups excluding carboxylic acids is 2. The van der Waals surface area contributed by atoms with Crippen LogP contribution < -0.4 is 10.1 Å². The summed E-state index contributed by atoms with van der Waals surface area (Å²) in [6.07, 6.45) is 0.906. The van der Waals surface area contributed by atoms with E-state index in [0.717, 1.165) is 15.8 Å². The van der Waals surface area contributed by atoms with Gasteiger partial charge in [0.1, 0.15) is 11.8 Å². The Kier molecular flexibility index (Phi) is 10.0. The Morgan fingerprint density at radius 2 is 1.81 bits per heavy atom. The molecule has 0 radical (unpaired) electrons. The Labute approximate surface area is 194 Å². The first-order valence-electron chi connectivity index (χ1n) is 10.8. The second kappa shape index (κ2) is 12.5. The monoisotopic (exact) mass is 488 g/mol. The molecule has 0 aromatic heterocycles. The molecular weight excluding hydrogens is 456 g/mol. The molecule has 0 saturated heterocycles. The molecule has 6 heteroatoms. The summed E-state index contributed by atoms with van der Waals surface area (Å²) in [5.41, 5.74) is 2.15. The predicted octanol–water partition coefficient (Wildman–Crippen LogP) is 5.11. The van der Waals surface area contributed by atoms with Crippen LogP contribution in [0.15, 0.2) is 53.0 Å². The van der Waals surface area contributed by atoms with Crippen LogP contribution in [0.2, 0.25) is 0 Å². The minimum absolute atomic E-state index is 0.0559. The quantitative estimate of drug-likeness (QED) is 0.447. The van der Waals surface area contributed by atoms with Crippen molar-refractivity contribution in [2.75, 3.05) is 13.2 Å². The standard InChI is InChI=1S/C25H33BrN2O3/c1-18(2)16-27-25(30)20(4)28(17-21-7-5-8-22(26)15-21)24(29)9-6-14-31-23-12-10-19(3)11-13-23/h5,7-8,10-13,15,18,20H,6,9,14,16-17H2,1-4H3,(H,27,30). The topological polar surface area (TPSA) is 58.6 Å². The summed E-state index contributed by atoms with van der Waals surface area (Å²) in [5.74, 6) is 0.961. The fraction of sp³-hybridized carbons (Fsp3) is 0.440. The Morgan fingerprint density at radius 1 is 1.10 bits per heavy atom. The molecule has 2 aromatic carbocycles. The average molecular weight is 489 g/mol. The molecule has 31 heavy (non-hydrogen) atoms. The summed E-state index contributed by atoms with van der Waals surface area (Å²) in [4.78, 5) is 27.4. The van der Waals surface area contributed by atoms with Gasteiger partial charge >= 0.3 is 0 Å². The summed E-state index contributed by atoms with van der Waals surface area (Å²) in [6.45, 7) is 9.33. The van der Waals surface area contributed by atoms with Gasteiger partial charge < -0.3 is 15.0 Å². The van der Waals surface area contributed by atoms with E-state index in [4.69, 9.17) is 4.74 Å². The normalized spacial score (nSPS) is 11.8. The number of amides is 2. The van der Waals surface area contributed by atoms with Gasteiger partial charge in [0.05, 0.1) is 6.61 Å². The molecule has 2 rings (SSSR count). The first kappa shape index (κ1) is 24.9. The van der Waals surface area contributed by atoms with E-state index in [9.17, 15) is 9.59 Å². The van der Waals surface area contributed by atoms with Crippen molar-refractivity contribution in [2.24, 2.45) is 5.92 Å². The third-order valence-electron chi connectivity index (χ3n) is 4.92. The van der Waals surface area contributed by atoms with Gasteiger partial charge in [-0.05, 0) is 56.0 Å². The number of carbonyl (C=O) groups is 2. The van der Waals surface area contributed by atoms with Crippen LogP contribution in [0.3, 0.4) is 0 Å². The SMILES string of the molecule is Cc1ccc(OCCCC(=O)N(Cc2cccc(Br)c2)C(C)C(=O)NCC(C)C)cc1. The minimum Gasteiger partial charge on any atom is -0.494 e. The highest BCUT2D eigenvalue weighted by Crippen LogP contribution is 2.17. The summed E-state index contributed by atoms with van der Waals surface area (Å²) in [5, 5.41) is 2.94. The highest BCUT2D eigenvalue weighted by atomic mass is 79.9. The highest BCUT2D eigenvalue weighted by molar-refractivity contribution is 9.10. The van der Waals surface area contributed by atoms with Crippen LogP contribution in [0.1, 0.15) is 44.7 Å². The van der Waals surface area contributed by atoms with E-state index in [-0.39, 0.29) is 11.8 Å². The molecule has 2 aromatic rings. The Morgan fingerprint density at radius 3 is 2.45 bits per heavy atom. The molecule has 0 saturated carbocycles. The van der Waals surface area contributed by atoms with Gasteiger partial charge in [0.2, 0.25) is 11.8 Å². The molecule has 1 N–H and O–H groups in total. The lowest BCUT2D eigenvalue weighted by molar-refractivity contribution is -0.140. The first-order valence-corrected chi connectivity index (χ1v) is 11.6. The second-order valence-corrected chi connectivity index (χ2v) is 9.15. The molecule has 0 heterocycles. The van der Waals surface area contributed by atoms with Crippen LogP contribution in [-0.4, -0.2) is 35.9 Å². The molecule has 0 aliphatic heterocycles. The molecule has 0 aliphatic rings. The van der Waals surface area contributed by atoms with Crippen LogP contribution in [0.5, 0.6) is 5.75 Å². The van der Waals surface area contributed by atoms with E-state index >= 15 is 0 Å².